The maximum atomic E-state index is 13.5. The highest BCUT2D eigenvalue weighted by Gasteiger charge is 2.23. The number of hydrogen-bond donors (Lipinski definition) is 4. The number of aliphatic hydroxyl groups is 2. The van der Waals surface area contributed by atoms with Crippen molar-refractivity contribution in [1.29, 1.82) is 0 Å². The first-order valence-electron chi connectivity index (χ1n) is 9.71. The molecule has 0 heterocycles. The van der Waals surface area contributed by atoms with Crippen LogP contribution in [-0.2, 0) is 0 Å². The molecule has 0 atom stereocenters. The van der Waals surface area contributed by atoms with E-state index in [0.29, 0.717) is 11.4 Å². The summed E-state index contributed by atoms with van der Waals surface area (Å²) >= 11 is 0. The molecular weight excluding hydrogens is 432 g/mol. The summed E-state index contributed by atoms with van der Waals surface area (Å²) < 4.78 is 63.7. The lowest BCUT2D eigenvalue weighted by Crippen LogP contribution is -2.33. The minimum atomic E-state index is -1.14. The summed E-state index contributed by atoms with van der Waals surface area (Å²) in [6.07, 6.45) is 0. The van der Waals surface area contributed by atoms with Gasteiger partial charge in [0, 0.05) is 49.7 Å². The summed E-state index contributed by atoms with van der Waals surface area (Å²) in [6, 6.07) is 4.52. The van der Waals surface area contributed by atoms with Crippen LogP contribution in [0.5, 0.6) is 11.5 Å². The van der Waals surface area contributed by atoms with Crippen LogP contribution in [-0.4, -0.2) is 48.7 Å². The zero-order valence-corrected chi connectivity index (χ0v) is 18.9. The molecule has 0 fully saturated rings. The van der Waals surface area contributed by atoms with Crippen molar-refractivity contribution in [3.63, 3.8) is 0 Å². The Morgan fingerprint density at radius 3 is 1.47 bits per heavy atom. The van der Waals surface area contributed by atoms with Crippen molar-refractivity contribution >= 4 is 11.4 Å². The van der Waals surface area contributed by atoms with Crippen LogP contribution in [0.4, 0.5) is 28.9 Å². The van der Waals surface area contributed by atoms with Gasteiger partial charge in [-0.05, 0) is 27.7 Å². The minimum Gasteiger partial charge on any atom is -0.485 e. The summed E-state index contributed by atoms with van der Waals surface area (Å²) in [6.45, 7) is 5.55. The molecule has 6 nitrogen and oxygen atoms in total. The molecule has 0 amide bonds. The van der Waals surface area contributed by atoms with Gasteiger partial charge in [-0.1, -0.05) is 0 Å². The second-order valence-electron chi connectivity index (χ2n) is 8.16. The van der Waals surface area contributed by atoms with Crippen LogP contribution < -0.4 is 20.1 Å². The molecule has 2 rings (SSSR count). The van der Waals surface area contributed by atoms with E-state index in [4.69, 9.17) is 14.6 Å². The van der Waals surface area contributed by atoms with E-state index in [1.165, 1.54) is 27.7 Å². The van der Waals surface area contributed by atoms with Crippen LogP contribution in [0.3, 0.4) is 0 Å². The molecule has 0 unspecified atom stereocenters. The Morgan fingerprint density at radius 1 is 0.781 bits per heavy atom. The molecular formula is C22H30F4N2O4. The summed E-state index contributed by atoms with van der Waals surface area (Å²) in [5, 5.41) is 23.6. The second-order valence-corrected chi connectivity index (χ2v) is 8.16. The summed E-state index contributed by atoms with van der Waals surface area (Å²) in [5.74, 6) is -4.14. The van der Waals surface area contributed by atoms with Crippen molar-refractivity contribution in [2.75, 3.05) is 37.9 Å². The van der Waals surface area contributed by atoms with Gasteiger partial charge >= 0.3 is 0 Å². The van der Waals surface area contributed by atoms with Gasteiger partial charge in [0.2, 0.25) is 0 Å². The lowest BCUT2D eigenvalue weighted by Gasteiger charge is -2.24. The molecule has 0 bridgehead atoms. The van der Waals surface area contributed by atoms with E-state index in [2.05, 4.69) is 10.6 Å². The van der Waals surface area contributed by atoms with E-state index in [0.717, 1.165) is 24.3 Å². The molecule has 0 aliphatic carbocycles. The Bertz CT molecular complexity index is 856. The van der Waals surface area contributed by atoms with E-state index in [9.17, 15) is 22.7 Å². The monoisotopic (exact) mass is 462 g/mol. The number of halogens is 4. The zero-order chi connectivity index (χ0) is 24.7. The SMILES string of the molecule is CNc1cc(F)c(OC(C)(C)CO)c(F)c1.CNc1cc(F)c(OCC(C)(C)O)c(F)c1. The normalized spacial score (nSPS) is 11.4. The van der Waals surface area contributed by atoms with Gasteiger partial charge in [0.25, 0.3) is 0 Å². The average molecular weight is 462 g/mol. The van der Waals surface area contributed by atoms with Crippen LogP contribution in [0.25, 0.3) is 0 Å². The Labute approximate surface area is 185 Å². The smallest absolute Gasteiger partial charge is 0.191 e. The Morgan fingerprint density at radius 2 is 1.16 bits per heavy atom. The van der Waals surface area contributed by atoms with E-state index in [-0.39, 0.29) is 13.2 Å². The van der Waals surface area contributed by atoms with Crippen LogP contribution in [0.2, 0.25) is 0 Å². The quantitative estimate of drug-likeness (QED) is 0.438. The van der Waals surface area contributed by atoms with Crippen LogP contribution >= 0.6 is 0 Å². The predicted octanol–water partition coefficient (Wildman–Crippen LogP) is 4.31. The van der Waals surface area contributed by atoms with Gasteiger partial charge < -0.3 is 30.3 Å². The molecule has 4 N–H and O–H groups in total. The molecule has 2 aromatic rings. The highest BCUT2D eigenvalue weighted by atomic mass is 19.1. The fourth-order valence-corrected chi connectivity index (χ4v) is 2.20. The highest BCUT2D eigenvalue weighted by molar-refractivity contribution is 5.48. The van der Waals surface area contributed by atoms with Gasteiger partial charge in [-0.3, -0.25) is 0 Å². The summed E-state index contributed by atoms with van der Waals surface area (Å²) in [4.78, 5) is 0. The molecule has 0 aromatic heterocycles. The van der Waals surface area contributed by atoms with Crippen molar-refractivity contribution in [2.24, 2.45) is 0 Å². The van der Waals surface area contributed by atoms with Crippen molar-refractivity contribution in [2.45, 2.75) is 38.9 Å². The number of benzene rings is 2. The van der Waals surface area contributed by atoms with Gasteiger partial charge in [-0.2, -0.15) is 0 Å². The van der Waals surface area contributed by atoms with Crippen molar-refractivity contribution < 1.29 is 37.2 Å². The molecule has 0 aliphatic heterocycles. The van der Waals surface area contributed by atoms with Gasteiger partial charge in [0.1, 0.15) is 12.2 Å². The van der Waals surface area contributed by atoms with Crippen molar-refractivity contribution in [3.8, 4) is 11.5 Å². The molecule has 10 heteroatoms. The third-order valence-electron chi connectivity index (χ3n) is 3.90. The van der Waals surface area contributed by atoms with E-state index < -0.39 is 46.0 Å². The first kappa shape index (κ1) is 27.3. The van der Waals surface area contributed by atoms with E-state index >= 15 is 0 Å². The maximum absolute atomic E-state index is 13.5. The highest BCUT2D eigenvalue weighted by Crippen LogP contribution is 2.29. The van der Waals surface area contributed by atoms with Crippen LogP contribution in [0, 0.1) is 23.3 Å². The standard InChI is InChI=1S/2C11H15F2NO2/c1-11(2,15)6-16-10-8(12)4-7(14-3)5-9(10)13;1-11(2,6-15)16-10-8(12)4-7(14-3)5-9(10)13/h2*4-5,14-15H,6H2,1-3H3. The van der Waals surface area contributed by atoms with Crippen molar-refractivity contribution in [3.05, 3.63) is 47.5 Å². The molecule has 0 saturated heterocycles. The Hall–Kier alpha value is -2.72. The number of aliphatic hydroxyl groups excluding tert-OH is 1. The largest absolute Gasteiger partial charge is 0.485 e. The minimum absolute atomic E-state index is 0.181. The van der Waals surface area contributed by atoms with E-state index in [1.54, 1.807) is 14.1 Å². The van der Waals surface area contributed by atoms with Gasteiger partial charge in [-0.15, -0.1) is 0 Å². The van der Waals surface area contributed by atoms with Crippen LogP contribution in [0.15, 0.2) is 24.3 Å². The number of hydrogen-bond acceptors (Lipinski definition) is 6. The fourth-order valence-electron chi connectivity index (χ4n) is 2.20. The molecule has 180 valence electrons. The second kappa shape index (κ2) is 11.2. The fraction of sp³-hybridized carbons (Fsp3) is 0.455. The van der Waals surface area contributed by atoms with Gasteiger partial charge in [0.05, 0.1) is 12.2 Å². The van der Waals surface area contributed by atoms with E-state index in [1.807, 2.05) is 0 Å². The number of ether oxygens (including phenoxy) is 2. The molecule has 0 radical (unpaired) electrons. The molecule has 0 spiro atoms. The Balaban J connectivity index is 0.000000320. The topological polar surface area (TPSA) is 83.0 Å². The third kappa shape index (κ3) is 8.43. The molecule has 2 aromatic carbocycles. The average Bonchev–Trinajstić information content (AvgIpc) is 2.69. The summed E-state index contributed by atoms with van der Waals surface area (Å²) in [5.41, 5.74) is -1.52. The Kier molecular flexibility index (Phi) is 9.59. The lowest BCUT2D eigenvalue weighted by molar-refractivity contribution is 0.0257. The van der Waals surface area contributed by atoms with Crippen LogP contribution in [0.1, 0.15) is 27.7 Å². The zero-order valence-electron chi connectivity index (χ0n) is 18.9. The first-order valence-corrected chi connectivity index (χ1v) is 9.71. The summed E-state index contributed by atoms with van der Waals surface area (Å²) in [7, 11) is 3.12. The molecule has 0 saturated carbocycles. The lowest BCUT2D eigenvalue weighted by atomic mass is 10.1. The maximum Gasteiger partial charge on any atom is 0.191 e. The number of rotatable bonds is 8. The first-order chi connectivity index (χ1) is 14.7. The molecule has 32 heavy (non-hydrogen) atoms. The number of nitrogens with one attached hydrogen (secondary N) is 2. The van der Waals surface area contributed by atoms with Gasteiger partial charge in [0.15, 0.2) is 34.8 Å². The molecule has 0 aliphatic rings. The van der Waals surface area contributed by atoms with Crippen molar-refractivity contribution in [1.82, 2.24) is 0 Å². The van der Waals surface area contributed by atoms with Gasteiger partial charge in [-0.25, -0.2) is 17.6 Å². The predicted molar refractivity (Wildman–Crippen MR) is 115 cm³/mol. The number of anilines is 2. The third-order valence-corrected chi connectivity index (χ3v) is 3.90.